The van der Waals surface area contributed by atoms with Crippen LogP contribution in [-0.2, 0) is 0 Å². The second-order valence-electron chi connectivity index (χ2n) is 4.05. The Labute approximate surface area is 119 Å². The van der Waals surface area contributed by atoms with Crippen molar-refractivity contribution in [2.45, 2.75) is 0 Å². The van der Waals surface area contributed by atoms with Gasteiger partial charge >= 0.3 is 5.97 Å². The van der Waals surface area contributed by atoms with E-state index >= 15 is 0 Å². The minimum atomic E-state index is -1.09. The summed E-state index contributed by atoms with van der Waals surface area (Å²) in [6.07, 6.45) is 1.31. The summed E-state index contributed by atoms with van der Waals surface area (Å²) in [4.78, 5) is 26.0. The summed E-state index contributed by atoms with van der Waals surface area (Å²) >= 11 is 0. The molecule has 0 atom stereocenters. The lowest BCUT2D eigenvalue weighted by Crippen LogP contribution is -2.11. The van der Waals surface area contributed by atoms with E-state index < -0.39 is 11.9 Å². The second kappa shape index (κ2) is 5.91. The smallest absolute Gasteiger partial charge is 0.335 e. The van der Waals surface area contributed by atoms with Crippen LogP contribution in [0.4, 0.5) is 0 Å². The maximum absolute atomic E-state index is 11.2. The van der Waals surface area contributed by atoms with Crippen LogP contribution in [0.3, 0.4) is 0 Å². The molecule has 0 saturated carbocycles. The number of hydrogen-bond acceptors (Lipinski definition) is 5. The predicted octanol–water partition coefficient (Wildman–Crippen LogP) is 1.68. The van der Waals surface area contributed by atoms with Gasteiger partial charge in [0.2, 0.25) is 11.8 Å². The minimum Gasteiger partial charge on any atom is -0.497 e. The van der Waals surface area contributed by atoms with E-state index in [4.69, 9.17) is 20.3 Å². The fraction of sp³-hybridized carbons (Fsp3) is 0.0714. The molecule has 0 spiro atoms. The molecule has 0 saturated heterocycles. The Bertz CT molecular complexity index is 700. The molecule has 1 heterocycles. The number of nitrogens with two attached hydrogens (primary N) is 1. The Morgan fingerprint density at radius 2 is 1.86 bits per heavy atom. The van der Waals surface area contributed by atoms with Crippen LogP contribution in [0.15, 0.2) is 36.5 Å². The number of amides is 1. The average Bonchev–Trinajstić information content (AvgIpc) is 2.47. The Balaban J connectivity index is 2.34. The molecule has 0 aliphatic carbocycles. The number of primary amides is 1. The molecule has 1 aromatic carbocycles. The van der Waals surface area contributed by atoms with Gasteiger partial charge in [-0.3, -0.25) is 4.79 Å². The Kier molecular flexibility index (Phi) is 4.03. The van der Waals surface area contributed by atoms with Crippen LogP contribution in [0, 0.1) is 0 Å². The molecule has 0 aliphatic rings. The first-order chi connectivity index (χ1) is 9.99. The number of benzene rings is 1. The van der Waals surface area contributed by atoms with E-state index in [1.807, 2.05) is 0 Å². The molecule has 3 N–H and O–H groups in total. The van der Waals surface area contributed by atoms with Crippen molar-refractivity contribution in [3.8, 4) is 17.4 Å². The number of aromatic nitrogens is 1. The van der Waals surface area contributed by atoms with Crippen molar-refractivity contribution in [1.82, 2.24) is 4.98 Å². The summed E-state index contributed by atoms with van der Waals surface area (Å²) in [6, 6.07) is 7.03. The highest BCUT2D eigenvalue weighted by atomic mass is 16.5. The Hall–Kier alpha value is -3.09. The molecule has 21 heavy (non-hydrogen) atoms. The topological polar surface area (TPSA) is 112 Å². The lowest BCUT2D eigenvalue weighted by atomic mass is 10.2. The highest BCUT2D eigenvalue weighted by Crippen LogP contribution is 2.26. The number of methoxy groups -OCH3 is 1. The maximum atomic E-state index is 11.2. The molecule has 1 amide bonds. The molecule has 108 valence electrons. The zero-order chi connectivity index (χ0) is 15.4. The van der Waals surface area contributed by atoms with E-state index in [0.29, 0.717) is 5.75 Å². The third kappa shape index (κ3) is 3.47. The summed E-state index contributed by atoms with van der Waals surface area (Å²) < 4.78 is 10.5. The van der Waals surface area contributed by atoms with Gasteiger partial charge in [0.15, 0.2) is 0 Å². The van der Waals surface area contributed by atoms with Crippen LogP contribution >= 0.6 is 0 Å². The lowest BCUT2D eigenvalue weighted by Gasteiger charge is -2.09. The summed E-state index contributed by atoms with van der Waals surface area (Å²) in [5.41, 5.74) is 5.47. The van der Waals surface area contributed by atoms with Gasteiger partial charge in [0.1, 0.15) is 11.5 Å². The summed E-state index contributed by atoms with van der Waals surface area (Å²) in [5, 5.41) is 8.91. The van der Waals surface area contributed by atoms with E-state index in [9.17, 15) is 9.59 Å². The van der Waals surface area contributed by atoms with Gasteiger partial charge < -0.3 is 20.3 Å². The van der Waals surface area contributed by atoms with Gasteiger partial charge in [-0.25, -0.2) is 9.78 Å². The molecule has 1 aromatic heterocycles. The molecular formula is C14H12N2O5. The highest BCUT2D eigenvalue weighted by molar-refractivity contribution is 5.93. The van der Waals surface area contributed by atoms with Crippen molar-refractivity contribution >= 4 is 11.9 Å². The molecule has 0 aliphatic heterocycles. The zero-order valence-electron chi connectivity index (χ0n) is 11.1. The fourth-order valence-electron chi connectivity index (χ4n) is 1.61. The minimum absolute atomic E-state index is 0.0398. The highest BCUT2D eigenvalue weighted by Gasteiger charge is 2.10. The molecule has 7 heteroatoms. The van der Waals surface area contributed by atoms with Gasteiger partial charge in [-0.05, 0) is 18.2 Å². The summed E-state index contributed by atoms with van der Waals surface area (Å²) in [5.74, 6) is -0.996. The summed E-state index contributed by atoms with van der Waals surface area (Å²) in [7, 11) is 1.44. The summed E-state index contributed by atoms with van der Waals surface area (Å²) in [6.45, 7) is 0. The van der Waals surface area contributed by atoms with E-state index in [2.05, 4.69) is 4.98 Å². The predicted molar refractivity (Wildman–Crippen MR) is 72.8 cm³/mol. The normalized spacial score (nSPS) is 9.95. The number of carbonyl (C=O) groups is 2. The van der Waals surface area contributed by atoms with Crippen LogP contribution < -0.4 is 15.2 Å². The number of hydrogen-bond donors (Lipinski definition) is 2. The van der Waals surface area contributed by atoms with Gasteiger partial charge in [-0.15, -0.1) is 0 Å². The number of rotatable bonds is 5. The first kappa shape index (κ1) is 14.3. The Morgan fingerprint density at radius 1 is 1.14 bits per heavy atom. The number of carboxylic acid groups (broad SMARTS) is 1. The van der Waals surface area contributed by atoms with Gasteiger partial charge in [0.05, 0.1) is 12.7 Å². The lowest BCUT2D eigenvalue weighted by molar-refractivity contribution is 0.0696. The van der Waals surface area contributed by atoms with Gasteiger partial charge in [-0.1, -0.05) is 0 Å². The Morgan fingerprint density at radius 3 is 2.48 bits per heavy atom. The molecule has 0 fully saturated rings. The van der Waals surface area contributed by atoms with Crippen LogP contribution in [0.2, 0.25) is 0 Å². The van der Waals surface area contributed by atoms with Crippen LogP contribution in [0.25, 0.3) is 0 Å². The van der Waals surface area contributed by atoms with Crippen LogP contribution in [-0.4, -0.2) is 29.1 Å². The molecule has 2 rings (SSSR count). The number of pyridine rings is 1. The van der Waals surface area contributed by atoms with E-state index in [0.717, 1.165) is 0 Å². The monoisotopic (exact) mass is 288 g/mol. The molecule has 7 nitrogen and oxygen atoms in total. The van der Waals surface area contributed by atoms with Gasteiger partial charge in [0.25, 0.3) is 0 Å². The molecular weight excluding hydrogens is 276 g/mol. The third-order valence-electron chi connectivity index (χ3n) is 2.60. The van der Waals surface area contributed by atoms with Crippen molar-refractivity contribution in [2.75, 3.05) is 7.11 Å². The van der Waals surface area contributed by atoms with Crippen molar-refractivity contribution < 1.29 is 24.2 Å². The number of aromatic carboxylic acids is 1. The standard InChI is InChI=1S/C14H12N2O5/c1-20-10-4-9(13(15)17)5-11(7-10)21-12-6-8(14(18)19)2-3-16-12/h2-7H,1H3,(H2,15,17)(H,18,19). The van der Waals surface area contributed by atoms with Crippen LogP contribution in [0.1, 0.15) is 20.7 Å². The van der Waals surface area contributed by atoms with Crippen molar-refractivity contribution in [3.05, 3.63) is 47.7 Å². The SMILES string of the molecule is COc1cc(Oc2cc(C(=O)O)ccn2)cc(C(N)=O)c1. The van der Waals surface area contributed by atoms with Crippen molar-refractivity contribution in [1.29, 1.82) is 0 Å². The molecule has 2 aromatic rings. The number of ether oxygens (including phenoxy) is 2. The van der Waals surface area contributed by atoms with E-state index in [1.165, 1.54) is 43.6 Å². The van der Waals surface area contributed by atoms with Gasteiger partial charge in [0, 0.05) is 23.9 Å². The van der Waals surface area contributed by atoms with Crippen molar-refractivity contribution in [3.63, 3.8) is 0 Å². The first-order valence-electron chi connectivity index (χ1n) is 5.85. The fourth-order valence-corrected chi connectivity index (χ4v) is 1.61. The molecule has 0 unspecified atom stereocenters. The maximum Gasteiger partial charge on any atom is 0.335 e. The number of carbonyl (C=O) groups excluding carboxylic acids is 1. The van der Waals surface area contributed by atoms with Gasteiger partial charge in [-0.2, -0.15) is 0 Å². The zero-order valence-corrected chi connectivity index (χ0v) is 11.1. The third-order valence-corrected chi connectivity index (χ3v) is 2.60. The van der Waals surface area contributed by atoms with E-state index in [1.54, 1.807) is 0 Å². The largest absolute Gasteiger partial charge is 0.497 e. The van der Waals surface area contributed by atoms with Crippen LogP contribution in [0.5, 0.6) is 17.4 Å². The number of nitrogens with zero attached hydrogens (tertiary/aromatic N) is 1. The van der Waals surface area contributed by atoms with Crippen molar-refractivity contribution in [2.24, 2.45) is 5.73 Å². The molecule has 0 radical (unpaired) electrons. The average molecular weight is 288 g/mol. The first-order valence-corrected chi connectivity index (χ1v) is 5.85. The second-order valence-corrected chi connectivity index (χ2v) is 4.05. The van der Waals surface area contributed by atoms with E-state index in [-0.39, 0.29) is 22.8 Å². The number of carboxylic acids is 1. The molecule has 0 bridgehead atoms. The quantitative estimate of drug-likeness (QED) is 0.865.